The molecule has 2 atom stereocenters. The molecule has 1 fully saturated rings. The molecule has 0 aliphatic carbocycles. The van der Waals surface area contributed by atoms with E-state index in [2.05, 4.69) is 11.9 Å². The molecule has 0 bridgehead atoms. The Bertz CT molecular complexity index is 479. The van der Waals surface area contributed by atoms with Gasteiger partial charge in [0.2, 0.25) is 0 Å². The van der Waals surface area contributed by atoms with Crippen molar-refractivity contribution in [1.29, 1.82) is 0 Å². The molecule has 3 nitrogen and oxygen atoms in total. The van der Waals surface area contributed by atoms with Crippen LogP contribution in [0.1, 0.15) is 37.4 Å². The molecule has 2 heterocycles. The molecule has 4 heteroatoms. The molecule has 2 unspecified atom stereocenters. The van der Waals surface area contributed by atoms with E-state index in [4.69, 9.17) is 4.74 Å². The first-order valence-electron chi connectivity index (χ1n) is 6.93. The maximum Gasteiger partial charge on any atom is 0.128 e. The zero-order valence-electron chi connectivity index (χ0n) is 11.2. The number of aliphatic hydroxyl groups is 1. The standard InChI is InChI=1S/C15H20FNO2/c1-17-7-2-5-15(6-8-17)10-13(18)12-4-3-11(16)9-14(12)19-15/h3-4,9,13,18H,2,5-8,10H2,1H3. The lowest BCUT2D eigenvalue weighted by atomic mass is 9.83. The highest BCUT2D eigenvalue weighted by atomic mass is 19.1. The molecule has 0 radical (unpaired) electrons. The van der Waals surface area contributed by atoms with Crippen molar-refractivity contribution < 1.29 is 14.2 Å². The van der Waals surface area contributed by atoms with Crippen molar-refractivity contribution in [3.05, 3.63) is 29.6 Å². The van der Waals surface area contributed by atoms with Crippen LogP contribution in [0.4, 0.5) is 4.39 Å². The van der Waals surface area contributed by atoms with Gasteiger partial charge in [-0.2, -0.15) is 0 Å². The van der Waals surface area contributed by atoms with Gasteiger partial charge >= 0.3 is 0 Å². The first-order valence-corrected chi connectivity index (χ1v) is 6.93. The molecular weight excluding hydrogens is 245 g/mol. The Kier molecular flexibility index (Phi) is 3.23. The van der Waals surface area contributed by atoms with Crippen LogP contribution in [0.2, 0.25) is 0 Å². The Hall–Kier alpha value is -1.13. The van der Waals surface area contributed by atoms with E-state index >= 15 is 0 Å². The summed E-state index contributed by atoms with van der Waals surface area (Å²) in [6.07, 6.45) is 2.92. The molecule has 1 N–H and O–H groups in total. The lowest BCUT2D eigenvalue weighted by Gasteiger charge is -2.40. The molecule has 1 saturated heterocycles. The van der Waals surface area contributed by atoms with Crippen LogP contribution < -0.4 is 4.74 Å². The fourth-order valence-electron chi connectivity index (χ4n) is 3.22. The lowest BCUT2D eigenvalue weighted by Crippen LogP contribution is -2.41. The van der Waals surface area contributed by atoms with Crippen LogP contribution in [0.15, 0.2) is 18.2 Å². The summed E-state index contributed by atoms with van der Waals surface area (Å²) in [6.45, 7) is 2.01. The van der Waals surface area contributed by atoms with E-state index in [0.29, 0.717) is 17.7 Å². The van der Waals surface area contributed by atoms with Gasteiger partial charge in [0.1, 0.15) is 17.2 Å². The van der Waals surface area contributed by atoms with Gasteiger partial charge < -0.3 is 14.7 Å². The molecule has 2 aliphatic heterocycles. The number of rotatable bonds is 0. The fourth-order valence-corrected chi connectivity index (χ4v) is 3.22. The van der Waals surface area contributed by atoms with Crippen molar-refractivity contribution in [2.24, 2.45) is 0 Å². The lowest BCUT2D eigenvalue weighted by molar-refractivity contribution is -0.0238. The highest BCUT2D eigenvalue weighted by Crippen LogP contribution is 2.44. The molecule has 0 aromatic heterocycles. The summed E-state index contributed by atoms with van der Waals surface area (Å²) < 4.78 is 19.5. The van der Waals surface area contributed by atoms with E-state index in [1.54, 1.807) is 6.07 Å². The van der Waals surface area contributed by atoms with Crippen LogP contribution in [-0.2, 0) is 0 Å². The van der Waals surface area contributed by atoms with Gasteiger partial charge in [0.15, 0.2) is 0 Å². The second-order valence-corrected chi connectivity index (χ2v) is 5.84. The molecule has 1 spiro atoms. The van der Waals surface area contributed by atoms with Crippen molar-refractivity contribution in [3.8, 4) is 5.75 Å². The number of nitrogens with zero attached hydrogens (tertiary/aromatic N) is 1. The molecule has 0 saturated carbocycles. The third-order valence-corrected chi connectivity index (χ3v) is 4.35. The normalized spacial score (nSPS) is 31.6. The summed E-state index contributed by atoms with van der Waals surface area (Å²) in [4.78, 5) is 2.28. The van der Waals surface area contributed by atoms with Crippen molar-refractivity contribution in [3.63, 3.8) is 0 Å². The summed E-state index contributed by atoms with van der Waals surface area (Å²) >= 11 is 0. The third kappa shape index (κ3) is 2.47. The average Bonchev–Trinajstić information content (AvgIpc) is 2.52. The van der Waals surface area contributed by atoms with Gasteiger partial charge in [-0.3, -0.25) is 0 Å². The quantitative estimate of drug-likeness (QED) is 0.782. The van der Waals surface area contributed by atoms with E-state index in [0.717, 1.165) is 32.4 Å². The average molecular weight is 265 g/mol. The zero-order valence-corrected chi connectivity index (χ0v) is 11.2. The van der Waals surface area contributed by atoms with Crippen LogP contribution in [0, 0.1) is 5.82 Å². The van der Waals surface area contributed by atoms with E-state index in [9.17, 15) is 9.50 Å². The van der Waals surface area contributed by atoms with E-state index in [-0.39, 0.29) is 11.4 Å². The number of aliphatic hydroxyl groups excluding tert-OH is 1. The third-order valence-electron chi connectivity index (χ3n) is 4.35. The summed E-state index contributed by atoms with van der Waals surface area (Å²) in [5, 5.41) is 10.3. The number of hydrogen-bond acceptors (Lipinski definition) is 3. The zero-order chi connectivity index (χ0) is 13.5. The summed E-state index contributed by atoms with van der Waals surface area (Å²) in [5.41, 5.74) is 0.384. The van der Waals surface area contributed by atoms with E-state index < -0.39 is 6.10 Å². The Morgan fingerprint density at radius 2 is 2.21 bits per heavy atom. The maximum atomic E-state index is 13.3. The number of ether oxygens (including phenoxy) is 1. The Labute approximate surface area is 113 Å². The topological polar surface area (TPSA) is 32.7 Å². The second-order valence-electron chi connectivity index (χ2n) is 5.84. The Morgan fingerprint density at radius 3 is 3.05 bits per heavy atom. The highest BCUT2D eigenvalue weighted by molar-refractivity contribution is 5.38. The molecule has 2 aliphatic rings. The first kappa shape index (κ1) is 12.9. The predicted octanol–water partition coefficient (Wildman–Crippen LogP) is 2.50. The second kappa shape index (κ2) is 4.76. The first-order chi connectivity index (χ1) is 9.08. The highest BCUT2D eigenvalue weighted by Gasteiger charge is 2.41. The number of hydrogen-bond donors (Lipinski definition) is 1. The number of fused-ring (bicyclic) bond motifs is 1. The van der Waals surface area contributed by atoms with Crippen LogP contribution in [0.25, 0.3) is 0 Å². The maximum absolute atomic E-state index is 13.3. The smallest absolute Gasteiger partial charge is 0.128 e. The molecule has 3 rings (SSSR count). The van der Waals surface area contributed by atoms with Gasteiger partial charge in [0.25, 0.3) is 0 Å². The molecular formula is C15H20FNO2. The van der Waals surface area contributed by atoms with Gasteiger partial charge in [0.05, 0.1) is 6.10 Å². The van der Waals surface area contributed by atoms with Gasteiger partial charge in [0, 0.05) is 24.6 Å². The Morgan fingerprint density at radius 1 is 1.37 bits per heavy atom. The van der Waals surface area contributed by atoms with E-state index in [1.165, 1.54) is 12.1 Å². The van der Waals surface area contributed by atoms with Crippen molar-refractivity contribution in [2.75, 3.05) is 20.1 Å². The minimum absolute atomic E-state index is 0.311. The predicted molar refractivity (Wildman–Crippen MR) is 70.7 cm³/mol. The summed E-state index contributed by atoms with van der Waals surface area (Å²) in [6, 6.07) is 4.41. The number of halogens is 1. The van der Waals surface area contributed by atoms with Crippen LogP contribution in [0.5, 0.6) is 5.75 Å². The van der Waals surface area contributed by atoms with Crippen molar-refractivity contribution >= 4 is 0 Å². The molecule has 1 aromatic rings. The van der Waals surface area contributed by atoms with E-state index in [1.807, 2.05) is 0 Å². The monoisotopic (exact) mass is 265 g/mol. The van der Waals surface area contributed by atoms with Crippen molar-refractivity contribution in [2.45, 2.75) is 37.4 Å². The largest absolute Gasteiger partial charge is 0.487 e. The minimum Gasteiger partial charge on any atom is -0.487 e. The van der Waals surface area contributed by atoms with Crippen LogP contribution in [0.3, 0.4) is 0 Å². The summed E-state index contributed by atoms with van der Waals surface area (Å²) in [5.74, 6) is 0.206. The number of benzene rings is 1. The van der Waals surface area contributed by atoms with Crippen LogP contribution in [-0.4, -0.2) is 35.7 Å². The van der Waals surface area contributed by atoms with Crippen LogP contribution >= 0.6 is 0 Å². The molecule has 104 valence electrons. The molecule has 0 amide bonds. The SMILES string of the molecule is CN1CCCC2(CC1)CC(O)c1ccc(F)cc1O2. The van der Waals surface area contributed by atoms with Gasteiger partial charge in [-0.25, -0.2) is 4.39 Å². The van der Waals surface area contributed by atoms with Gasteiger partial charge in [-0.15, -0.1) is 0 Å². The molecule has 19 heavy (non-hydrogen) atoms. The van der Waals surface area contributed by atoms with Gasteiger partial charge in [-0.1, -0.05) is 0 Å². The number of likely N-dealkylation sites (tertiary alicyclic amines) is 1. The van der Waals surface area contributed by atoms with Gasteiger partial charge in [-0.05, 0) is 45.0 Å². The summed E-state index contributed by atoms with van der Waals surface area (Å²) in [7, 11) is 2.10. The van der Waals surface area contributed by atoms with Crippen molar-refractivity contribution in [1.82, 2.24) is 4.90 Å². The Balaban J connectivity index is 1.90. The minimum atomic E-state index is -0.548. The fraction of sp³-hybridized carbons (Fsp3) is 0.600. The molecule has 1 aromatic carbocycles.